The van der Waals surface area contributed by atoms with Gasteiger partial charge in [0.1, 0.15) is 5.75 Å². The van der Waals surface area contributed by atoms with E-state index in [0.717, 1.165) is 23.3 Å². The molecule has 1 aliphatic rings. The predicted molar refractivity (Wildman–Crippen MR) is 62.4 cm³/mol. The molecule has 0 amide bonds. The molecule has 0 radical (unpaired) electrons. The molecule has 2 aromatic rings. The van der Waals surface area contributed by atoms with Gasteiger partial charge >= 0.3 is 0 Å². The fourth-order valence-corrected chi connectivity index (χ4v) is 2.22. The largest absolute Gasteiger partial charge is 0.493 e. The van der Waals surface area contributed by atoms with Crippen LogP contribution in [-0.2, 0) is 16.4 Å². The maximum absolute atomic E-state index is 11.1. The number of benzene rings is 1. The molecule has 0 aliphatic carbocycles. The lowest BCUT2D eigenvalue weighted by atomic mass is 10.1. The summed E-state index contributed by atoms with van der Waals surface area (Å²) >= 11 is 0. The third-order valence-corrected chi connectivity index (χ3v) is 3.40. The maximum atomic E-state index is 11.1. The van der Waals surface area contributed by atoms with Gasteiger partial charge in [0.25, 0.3) is 15.2 Å². The molecular weight excluding hydrogens is 256 g/mol. The average molecular weight is 266 g/mol. The minimum Gasteiger partial charge on any atom is -0.493 e. The summed E-state index contributed by atoms with van der Waals surface area (Å²) in [5.41, 5.74) is 1.79. The minimum atomic E-state index is -3.86. The summed E-state index contributed by atoms with van der Waals surface area (Å²) in [6, 6.07) is 5.49. The summed E-state index contributed by atoms with van der Waals surface area (Å²) in [5.74, 6) is 1.15. The second-order valence-corrected chi connectivity index (χ2v) is 5.41. The molecule has 0 atom stereocenters. The third kappa shape index (κ3) is 1.85. The van der Waals surface area contributed by atoms with Crippen LogP contribution in [0.15, 0.2) is 23.4 Å². The van der Waals surface area contributed by atoms with Crippen molar-refractivity contribution in [3.8, 4) is 17.1 Å². The lowest BCUT2D eigenvalue weighted by Crippen LogP contribution is -2.13. The summed E-state index contributed by atoms with van der Waals surface area (Å²) in [7, 11) is -3.86. The smallest absolute Gasteiger partial charge is 0.273 e. The monoisotopic (exact) mass is 266 g/mol. The molecule has 3 N–H and O–H groups in total. The molecular formula is C10H10N4O3S. The number of fused-ring (bicyclic) bond motifs is 1. The van der Waals surface area contributed by atoms with Crippen molar-refractivity contribution in [2.24, 2.45) is 5.14 Å². The molecule has 0 saturated carbocycles. The van der Waals surface area contributed by atoms with Crippen LogP contribution in [0.4, 0.5) is 0 Å². The topological polar surface area (TPSA) is 111 Å². The van der Waals surface area contributed by atoms with Gasteiger partial charge in [-0.1, -0.05) is 0 Å². The van der Waals surface area contributed by atoms with E-state index in [1.165, 1.54) is 0 Å². The number of nitrogens with zero attached hydrogens (tertiary/aromatic N) is 2. The highest BCUT2D eigenvalue weighted by Gasteiger charge is 2.17. The fourth-order valence-electron chi connectivity index (χ4n) is 1.83. The van der Waals surface area contributed by atoms with E-state index in [1.807, 2.05) is 12.1 Å². The number of aromatic amines is 1. The normalized spacial score (nSPS) is 14.3. The van der Waals surface area contributed by atoms with Gasteiger partial charge in [0.15, 0.2) is 5.82 Å². The van der Waals surface area contributed by atoms with Crippen LogP contribution in [0.3, 0.4) is 0 Å². The fraction of sp³-hybridized carbons (Fsp3) is 0.200. The van der Waals surface area contributed by atoms with Crippen molar-refractivity contribution < 1.29 is 13.2 Å². The molecule has 0 unspecified atom stereocenters. The highest BCUT2D eigenvalue weighted by molar-refractivity contribution is 7.89. The van der Waals surface area contributed by atoms with Crippen LogP contribution in [0.2, 0.25) is 0 Å². The zero-order chi connectivity index (χ0) is 12.8. The Bertz CT molecular complexity index is 708. The molecule has 2 heterocycles. The molecule has 8 heteroatoms. The average Bonchev–Trinajstić information content (AvgIpc) is 2.96. The number of nitrogens with two attached hydrogens (primary N) is 1. The maximum Gasteiger partial charge on any atom is 0.273 e. The number of hydrogen-bond donors (Lipinski definition) is 2. The van der Waals surface area contributed by atoms with Crippen LogP contribution >= 0.6 is 0 Å². The Kier molecular flexibility index (Phi) is 2.35. The van der Waals surface area contributed by atoms with E-state index in [2.05, 4.69) is 15.2 Å². The highest BCUT2D eigenvalue weighted by Crippen LogP contribution is 2.29. The molecule has 1 aliphatic heterocycles. The van der Waals surface area contributed by atoms with E-state index in [-0.39, 0.29) is 5.16 Å². The SMILES string of the molecule is NS(=O)(=O)c1nc(-c2ccc3c(c2)CCO3)n[nH]1. The van der Waals surface area contributed by atoms with Crippen LogP contribution in [-0.4, -0.2) is 30.2 Å². The van der Waals surface area contributed by atoms with E-state index in [4.69, 9.17) is 9.88 Å². The third-order valence-electron chi connectivity index (χ3n) is 2.68. The molecule has 1 aromatic heterocycles. The van der Waals surface area contributed by atoms with Crippen molar-refractivity contribution in [1.29, 1.82) is 0 Å². The lowest BCUT2D eigenvalue weighted by molar-refractivity contribution is 0.357. The minimum absolute atomic E-state index is 0.300. The van der Waals surface area contributed by atoms with Gasteiger partial charge in [-0.3, -0.25) is 0 Å². The first-order chi connectivity index (χ1) is 8.54. The predicted octanol–water partition coefficient (Wildman–Crippen LogP) is 0.0540. The van der Waals surface area contributed by atoms with Crippen molar-refractivity contribution in [2.75, 3.05) is 6.61 Å². The van der Waals surface area contributed by atoms with Gasteiger partial charge in [0.2, 0.25) is 0 Å². The second-order valence-electron chi connectivity index (χ2n) is 3.93. The number of primary sulfonamides is 1. The Morgan fingerprint density at radius 1 is 1.39 bits per heavy atom. The van der Waals surface area contributed by atoms with E-state index >= 15 is 0 Å². The molecule has 18 heavy (non-hydrogen) atoms. The van der Waals surface area contributed by atoms with Gasteiger partial charge in [-0.2, -0.15) is 10.1 Å². The van der Waals surface area contributed by atoms with Crippen molar-refractivity contribution in [3.05, 3.63) is 23.8 Å². The van der Waals surface area contributed by atoms with E-state index in [9.17, 15) is 8.42 Å². The first-order valence-electron chi connectivity index (χ1n) is 5.25. The van der Waals surface area contributed by atoms with Crippen molar-refractivity contribution in [2.45, 2.75) is 11.6 Å². The molecule has 7 nitrogen and oxygen atoms in total. The van der Waals surface area contributed by atoms with Crippen molar-refractivity contribution >= 4 is 10.0 Å². The second kappa shape index (κ2) is 3.79. The van der Waals surface area contributed by atoms with Crippen LogP contribution in [0, 0.1) is 0 Å². The molecule has 3 rings (SSSR count). The first kappa shape index (κ1) is 11.2. The quantitative estimate of drug-likeness (QED) is 0.798. The van der Waals surface area contributed by atoms with Crippen molar-refractivity contribution in [1.82, 2.24) is 15.2 Å². The zero-order valence-electron chi connectivity index (χ0n) is 9.25. The molecule has 0 saturated heterocycles. The Morgan fingerprint density at radius 3 is 2.94 bits per heavy atom. The lowest BCUT2D eigenvalue weighted by Gasteiger charge is -2.00. The zero-order valence-corrected chi connectivity index (χ0v) is 10.1. The van der Waals surface area contributed by atoms with E-state index < -0.39 is 10.0 Å². The van der Waals surface area contributed by atoms with Crippen LogP contribution in [0.1, 0.15) is 5.56 Å². The Labute approximate surface area is 103 Å². The Morgan fingerprint density at radius 2 is 2.22 bits per heavy atom. The van der Waals surface area contributed by atoms with Crippen LogP contribution < -0.4 is 9.88 Å². The van der Waals surface area contributed by atoms with Gasteiger partial charge < -0.3 is 4.74 Å². The van der Waals surface area contributed by atoms with Gasteiger partial charge in [0.05, 0.1) is 6.61 Å². The Balaban J connectivity index is 2.03. The molecule has 94 valence electrons. The number of rotatable bonds is 2. The summed E-state index contributed by atoms with van der Waals surface area (Å²) in [6.45, 7) is 0.662. The summed E-state index contributed by atoms with van der Waals surface area (Å²) < 4.78 is 27.6. The van der Waals surface area contributed by atoms with Crippen LogP contribution in [0.25, 0.3) is 11.4 Å². The number of nitrogens with one attached hydrogen (secondary N) is 1. The van der Waals surface area contributed by atoms with E-state index in [0.29, 0.717) is 12.4 Å². The number of aromatic nitrogens is 3. The number of H-pyrrole nitrogens is 1. The summed E-state index contributed by atoms with van der Waals surface area (Å²) in [6.07, 6.45) is 0.829. The van der Waals surface area contributed by atoms with Gasteiger partial charge in [-0.25, -0.2) is 18.7 Å². The molecule has 0 fully saturated rings. The summed E-state index contributed by atoms with van der Waals surface area (Å²) in [5, 5.41) is 10.8. The van der Waals surface area contributed by atoms with Gasteiger partial charge in [-0.05, 0) is 23.8 Å². The Hall–Kier alpha value is -1.93. The molecule has 0 spiro atoms. The standard InChI is InChI=1S/C10H10N4O3S/c11-18(15,16)10-12-9(13-14-10)7-1-2-8-6(5-7)3-4-17-8/h1-2,5H,3-4H2,(H2,11,15,16)(H,12,13,14). The van der Waals surface area contributed by atoms with E-state index in [1.54, 1.807) is 6.07 Å². The summed E-state index contributed by atoms with van der Waals surface area (Å²) in [4.78, 5) is 3.86. The highest BCUT2D eigenvalue weighted by atomic mass is 32.2. The molecule has 0 bridgehead atoms. The number of sulfonamides is 1. The number of hydrogen-bond acceptors (Lipinski definition) is 5. The van der Waals surface area contributed by atoms with Gasteiger partial charge in [-0.15, -0.1) is 0 Å². The first-order valence-corrected chi connectivity index (χ1v) is 6.80. The number of ether oxygens (including phenoxy) is 1. The molecule has 1 aromatic carbocycles. The van der Waals surface area contributed by atoms with Crippen molar-refractivity contribution in [3.63, 3.8) is 0 Å². The van der Waals surface area contributed by atoms with Gasteiger partial charge in [0, 0.05) is 12.0 Å². The van der Waals surface area contributed by atoms with Crippen LogP contribution in [0.5, 0.6) is 5.75 Å².